The highest BCUT2D eigenvalue weighted by molar-refractivity contribution is 5.83. The first-order chi connectivity index (χ1) is 9.63. The van der Waals surface area contributed by atoms with E-state index in [1.165, 1.54) is 13.8 Å². The Bertz CT molecular complexity index is 385. The number of hydrogen-bond donors (Lipinski definition) is 1. The molecule has 2 amide bonds. The van der Waals surface area contributed by atoms with Crippen molar-refractivity contribution in [2.45, 2.75) is 57.8 Å². The van der Waals surface area contributed by atoms with Crippen molar-refractivity contribution in [3.05, 3.63) is 0 Å². The third-order valence-corrected chi connectivity index (χ3v) is 3.50. The van der Waals surface area contributed by atoms with Crippen LogP contribution in [0.15, 0.2) is 0 Å². The minimum atomic E-state index is -4.51. The van der Waals surface area contributed by atoms with Crippen molar-refractivity contribution in [3.8, 4) is 0 Å². The Labute approximate surface area is 121 Å². The Hall–Kier alpha value is -1.47. The zero-order valence-corrected chi connectivity index (χ0v) is 12.2. The molecule has 0 saturated carbocycles. The van der Waals surface area contributed by atoms with Crippen molar-refractivity contribution in [2.24, 2.45) is 0 Å². The summed E-state index contributed by atoms with van der Waals surface area (Å²) in [7, 11) is 0. The highest BCUT2D eigenvalue weighted by atomic mass is 19.4. The van der Waals surface area contributed by atoms with Crippen LogP contribution in [-0.4, -0.2) is 58.3 Å². The molecule has 1 N–H and O–H groups in total. The summed E-state index contributed by atoms with van der Waals surface area (Å²) in [5, 5.41) is 9.20. The van der Waals surface area contributed by atoms with Crippen molar-refractivity contribution in [2.75, 3.05) is 13.1 Å². The Morgan fingerprint density at radius 1 is 1.29 bits per heavy atom. The number of urea groups is 1. The molecule has 1 saturated heterocycles. The standard InChI is InChI=1S/C13H21F3N2O3/c1-9(2)18(8-13(14,15)16)12(21)17-7-5-3-4-6-10(17)11(19)20/h9-10H,3-8H2,1-2H3,(H,19,20). The summed E-state index contributed by atoms with van der Waals surface area (Å²) in [6, 6.07) is -2.55. The summed E-state index contributed by atoms with van der Waals surface area (Å²) in [5.41, 5.74) is 0. The van der Waals surface area contributed by atoms with Crippen molar-refractivity contribution < 1.29 is 27.9 Å². The number of carbonyl (C=O) groups excluding carboxylic acids is 1. The molecule has 1 aliphatic rings. The maximum Gasteiger partial charge on any atom is 0.406 e. The second-order valence-electron chi connectivity index (χ2n) is 5.52. The number of halogens is 3. The van der Waals surface area contributed by atoms with Crippen LogP contribution in [0.5, 0.6) is 0 Å². The van der Waals surface area contributed by atoms with Crippen LogP contribution in [0.4, 0.5) is 18.0 Å². The van der Waals surface area contributed by atoms with Gasteiger partial charge >= 0.3 is 18.2 Å². The first-order valence-corrected chi connectivity index (χ1v) is 7.00. The summed E-state index contributed by atoms with van der Waals surface area (Å²) >= 11 is 0. The average molecular weight is 310 g/mol. The molecule has 1 heterocycles. The van der Waals surface area contributed by atoms with Gasteiger partial charge in [-0.1, -0.05) is 12.8 Å². The fourth-order valence-electron chi connectivity index (χ4n) is 2.42. The number of nitrogens with zero attached hydrogens (tertiary/aromatic N) is 2. The number of rotatable bonds is 3. The summed E-state index contributed by atoms with van der Waals surface area (Å²) in [4.78, 5) is 25.4. The van der Waals surface area contributed by atoms with Crippen LogP contribution in [0.1, 0.15) is 39.5 Å². The molecule has 8 heteroatoms. The monoisotopic (exact) mass is 310 g/mol. The van der Waals surface area contributed by atoms with Gasteiger partial charge in [-0.3, -0.25) is 0 Å². The van der Waals surface area contributed by atoms with Crippen LogP contribution in [-0.2, 0) is 4.79 Å². The summed E-state index contributed by atoms with van der Waals surface area (Å²) in [6.45, 7) is 1.78. The Morgan fingerprint density at radius 2 is 1.90 bits per heavy atom. The lowest BCUT2D eigenvalue weighted by molar-refractivity contribution is -0.146. The molecular weight excluding hydrogens is 289 g/mol. The molecule has 0 aromatic rings. The number of amides is 2. The molecule has 21 heavy (non-hydrogen) atoms. The largest absolute Gasteiger partial charge is 0.480 e. The summed E-state index contributed by atoms with van der Waals surface area (Å²) < 4.78 is 37.8. The second-order valence-corrected chi connectivity index (χ2v) is 5.52. The third kappa shape index (κ3) is 5.09. The summed E-state index contributed by atoms with van der Waals surface area (Å²) in [5.74, 6) is -1.17. The van der Waals surface area contributed by atoms with E-state index in [2.05, 4.69) is 0 Å². The van der Waals surface area contributed by atoms with E-state index >= 15 is 0 Å². The van der Waals surface area contributed by atoms with Crippen LogP contribution in [0.2, 0.25) is 0 Å². The average Bonchev–Trinajstić information content (AvgIpc) is 2.59. The fraction of sp³-hybridized carbons (Fsp3) is 0.846. The SMILES string of the molecule is CC(C)N(CC(F)(F)F)C(=O)N1CCCCCC1C(=O)O. The predicted octanol–water partition coefficient (Wildman–Crippen LogP) is 2.71. The lowest BCUT2D eigenvalue weighted by Gasteiger charge is -2.35. The molecule has 1 fully saturated rings. The Kier molecular flexibility index (Phi) is 5.86. The molecule has 0 aromatic carbocycles. The topological polar surface area (TPSA) is 60.9 Å². The number of hydrogen-bond acceptors (Lipinski definition) is 2. The lowest BCUT2D eigenvalue weighted by atomic mass is 10.1. The molecule has 0 bridgehead atoms. The molecule has 0 aromatic heterocycles. The zero-order valence-electron chi connectivity index (χ0n) is 12.2. The van der Waals surface area contributed by atoms with Gasteiger partial charge in [0.1, 0.15) is 12.6 Å². The van der Waals surface area contributed by atoms with Gasteiger partial charge in [-0.05, 0) is 26.7 Å². The molecule has 1 aliphatic heterocycles. The van der Waals surface area contributed by atoms with E-state index in [1.54, 1.807) is 0 Å². The number of aliphatic carboxylic acids is 1. The zero-order chi connectivity index (χ0) is 16.2. The normalized spacial score (nSPS) is 20.3. The van der Waals surface area contributed by atoms with Crippen LogP contribution in [0.3, 0.4) is 0 Å². The van der Waals surface area contributed by atoms with Crippen LogP contribution in [0.25, 0.3) is 0 Å². The van der Waals surface area contributed by atoms with Gasteiger partial charge in [-0.25, -0.2) is 9.59 Å². The van der Waals surface area contributed by atoms with Gasteiger partial charge in [0.25, 0.3) is 0 Å². The molecule has 0 radical (unpaired) electrons. The smallest absolute Gasteiger partial charge is 0.406 e. The highest BCUT2D eigenvalue weighted by Crippen LogP contribution is 2.23. The van der Waals surface area contributed by atoms with E-state index in [0.717, 1.165) is 11.3 Å². The minimum Gasteiger partial charge on any atom is -0.480 e. The van der Waals surface area contributed by atoms with Crippen molar-refractivity contribution >= 4 is 12.0 Å². The van der Waals surface area contributed by atoms with Gasteiger partial charge < -0.3 is 14.9 Å². The van der Waals surface area contributed by atoms with Gasteiger partial charge in [0, 0.05) is 12.6 Å². The van der Waals surface area contributed by atoms with Gasteiger partial charge in [0.05, 0.1) is 0 Å². The molecule has 1 rings (SSSR count). The number of carbonyl (C=O) groups is 2. The maximum atomic E-state index is 12.6. The van der Waals surface area contributed by atoms with E-state index in [0.29, 0.717) is 17.7 Å². The van der Waals surface area contributed by atoms with E-state index in [-0.39, 0.29) is 13.0 Å². The number of carboxylic acids is 1. The number of alkyl halides is 3. The maximum absolute atomic E-state index is 12.6. The molecule has 1 atom stereocenters. The highest BCUT2D eigenvalue weighted by Gasteiger charge is 2.39. The van der Waals surface area contributed by atoms with Gasteiger partial charge in [-0.2, -0.15) is 13.2 Å². The molecule has 1 unspecified atom stereocenters. The fourth-order valence-corrected chi connectivity index (χ4v) is 2.42. The Balaban J connectivity index is 2.95. The van der Waals surface area contributed by atoms with Gasteiger partial charge in [0.15, 0.2) is 0 Å². The van der Waals surface area contributed by atoms with Crippen LogP contribution in [0, 0.1) is 0 Å². The van der Waals surface area contributed by atoms with Crippen molar-refractivity contribution in [3.63, 3.8) is 0 Å². The second kappa shape index (κ2) is 7.00. The molecule has 5 nitrogen and oxygen atoms in total. The number of likely N-dealkylation sites (tertiary alicyclic amines) is 1. The van der Waals surface area contributed by atoms with E-state index in [4.69, 9.17) is 0 Å². The van der Waals surface area contributed by atoms with E-state index in [9.17, 15) is 27.9 Å². The first-order valence-electron chi connectivity index (χ1n) is 7.00. The minimum absolute atomic E-state index is 0.177. The van der Waals surface area contributed by atoms with Crippen LogP contribution >= 0.6 is 0 Å². The van der Waals surface area contributed by atoms with E-state index in [1.807, 2.05) is 0 Å². The molecule has 0 spiro atoms. The quantitative estimate of drug-likeness (QED) is 0.872. The van der Waals surface area contributed by atoms with Gasteiger partial charge in [-0.15, -0.1) is 0 Å². The van der Waals surface area contributed by atoms with Crippen LogP contribution < -0.4 is 0 Å². The first kappa shape index (κ1) is 17.6. The van der Waals surface area contributed by atoms with E-state index < -0.39 is 36.8 Å². The molecule has 122 valence electrons. The Morgan fingerprint density at radius 3 is 2.38 bits per heavy atom. The molecule has 0 aliphatic carbocycles. The molecular formula is C13H21F3N2O3. The van der Waals surface area contributed by atoms with Gasteiger partial charge in [0.2, 0.25) is 0 Å². The van der Waals surface area contributed by atoms with Crippen molar-refractivity contribution in [1.82, 2.24) is 9.80 Å². The number of carboxylic acid groups (broad SMARTS) is 1. The third-order valence-electron chi connectivity index (χ3n) is 3.50. The summed E-state index contributed by atoms with van der Waals surface area (Å²) in [6.07, 6.45) is -2.20. The lowest BCUT2D eigenvalue weighted by Crippen LogP contribution is -2.54. The van der Waals surface area contributed by atoms with Crippen molar-refractivity contribution in [1.29, 1.82) is 0 Å². The predicted molar refractivity (Wildman–Crippen MR) is 69.9 cm³/mol.